The topological polar surface area (TPSA) is 21.3 Å². The van der Waals surface area contributed by atoms with Crippen molar-refractivity contribution in [1.82, 2.24) is 4.57 Å². The number of para-hydroxylation sites is 5. The van der Waals surface area contributed by atoms with Gasteiger partial charge in [-0.1, -0.05) is 164 Å². The Bertz CT molecular complexity index is 3640. The maximum Gasteiger partial charge on any atom is 0.140 e. The molecule has 0 spiro atoms. The molecule has 0 bridgehead atoms. The van der Waals surface area contributed by atoms with E-state index in [-0.39, 0.29) is 0 Å². The van der Waals surface area contributed by atoms with Crippen molar-refractivity contribution in [3.63, 3.8) is 0 Å². The van der Waals surface area contributed by atoms with E-state index in [1.54, 1.807) is 0 Å². The van der Waals surface area contributed by atoms with Crippen LogP contribution in [0.5, 0.6) is 0 Å². The van der Waals surface area contributed by atoms with E-state index < -0.39 is 5.41 Å². The van der Waals surface area contributed by atoms with Gasteiger partial charge in [-0.25, -0.2) is 0 Å². The number of benzene rings is 10. The van der Waals surface area contributed by atoms with Gasteiger partial charge in [0.15, 0.2) is 0 Å². The van der Waals surface area contributed by atoms with Crippen LogP contribution in [0.25, 0.3) is 71.3 Å². The van der Waals surface area contributed by atoms with Crippen LogP contribution in [0.4, 0.5) is 17.1 Å². The van der Waals surface area contributed by atoms with E-state index in [9.17, 15) is 0 Å². The first-order chi connectivity index (χ1) is 30.8. The molecule has 12 aromatic rings. The minimum Gasteiger partial charge on any atom is -0.456 e. The summed E-state index contributed by atoms with van der Waals surface area (Å²) < 4.78 is 9.42. The monoisotopic (exact) mass is 790 g/mol. The van der Waals surface area contributed by atoms with E-state index in [4.69, 9.17) is 4.42 Å². The second-order valence-corrected chi connectivity index (χ2v) is 16.4. The Morgan fingerprint density at radius 3 is 1.71 bits per heavy atom. The summed E-state index contributed by atoms with van der Waals surface area (Å²) in [5.41, 5.74) is 15.1. The van der Waals surface area contributed by atoms with Gasteiger partial charge in [0.2, 0.25) is 0 Å². The lowest BCUT2D eigenvalue weighted by atomic mass is 9.62. The van der Waals surface area contributed by atoms with Gasteiger partial charge in [0.1, 0.15) is 11.2 Å². The van der Waals surface area contributed by atoms with Crippen LogP contribution in [0.3, 0.4) is 0 Å². The van der Waals surface area contributed by atoms with Crippen LogP contribution in [0.2, 0.25) is 0 Å². The summed E-state index contributed by atoms with van der Waals surface area (Å²) in [5.74, 6) is 0. The molecule has 3 heterocycles. The highest BCUT2D eigenvalue weighted by Gasteiger charge is 2.48. The molecule has 62 heavy (non-hydrogen) atoms. The molecule has 0 unspecified atom stereocenters. The molecule has 0 atom stereocenters. The third kappa shape index (κ3) is 4.88. The molecular weight excluding hydrogens is 753 g/mol. The molecule has 0 saturated heterocycles. The van der Waals surface area contributed by atoms with Crippen molar-refractivity contribution in [2.75, 3.05) is 4.90 Å². The smallest absolute Gasteiger partial charge is 0.140 e. The van der Waals surface area contributed by atoms with Gasteiger partial charge < -0.3 is 13.9 Å². The van der Waals surface area contributed by atoms with Crippen LogP contribution in [0, 0.1) is 0 Å². The van der Waals surface area contributed by atoms with Crippen molar-refractivity contribution in [3.05, 3.63) is 253 Å². The number of rotatable bonds is 5. The number of anilines is 3. The lowest BCUT2D eigenvalue weighted by Crippen LogP contribution is -2.37. The highest BCUT2D eigenvalue weighted by atomic mass is 16.3. The summed E-state index contributed by atoms with van der Waals surface area (Å²) in [6.45, 7) is 0. The maximum absolute atomic E-state index is 7.05. The number of fused-ring (bicyclic) bond motifs is 10. The molecule has 3 nitrogen and oxygen atoms in total. The van der Waals surface area contributed by atoms with E-state index in [0.717, 1.165) is 50.3 Å². The predicted octanol–water partition coefficient (Wildman–Crippen LogP) is 15.7. The minimum atomic E-state index is -0.713. The van der Waals surface area contributed by atoms with E-state index in [1.165, 1.54) is 60.4 Å². The normalized spacial score (nSPS) is 13.3. The molecule has 0 fully saturated rings. The Balaban J connectivity index is 1.01. The summed E-state index contributed by atoms with van der Waals surface area (Å²) in [6.07, 6.45) is 0. The molecule has 1 aliphatic rings. The van der Waals surface area contributed by atoms with Crippen molar-refractivity contribution in [2.45, 2.75) is 5.41 Å². The van der Waals surface area contributed by atoms with Gasteiger partial charge in [0.25, 0.3) is 0 Å². The predicted molar refractivity (Wildman–Crippen MR) is 258 cm³/mol. The summed E-state index contributed by atoms with van der Waals surface area (Å²) in [5, 5.41) is 7.16. The van der Waals surface area contributed by atoms with Crippen molar-refractivity contribution in [3.8, 4) is 16.8 Å². The highest BCUT2D eigenvalue weighted by Crippen LogP contribution is 2.59. The SMILES string of the molecule is c1ccc(-n2c3ccccc3c3cc(-c4ccc(N5c6ccccc6C(c6ccccc6)(c6cc7ccccc7c7c6oc6ccccc67)c6ccccc65)cc4)ccc32)cc1. The van der Waals surface area contributed by atoms with Crippen LogP contribution in [0.1, 0.15) is 22.3 Å². The van der Waals surface area contributed by atoms with E-state index >= 15 is 0 Å². The molecule has 3 heteroatoms. The summed E-state index contributed by atoms with van der Waals surface area (Å²) in [7, 11) is 0. The zero-order valence-electron chi connectivity index (χ0n) is 33.7. The van der Waals surface area contributed by atoms with Gasteiger partial charge in [-0.3, -0.25) is 0 Å². The first kappa shape index (κ1) is 34.7. The van der Waals surface area contributed by atoms with Crippen molar-refractivity contribution in [2.24, 2.45) is 0 Å². The lowest BCUT2D eigenvalue weighted by Gasteiger charge is -2.46. The van der Waals surface area contributed by atoms with Gasteiger partial charge in [-0.15, -0.1) is 0 Å². The molecule has 13 rings (SSSR count). The quantitative estimate of drug-likeness (QED) is 0.173. The molecule has 0 radical (unpaired) electrons. The van der Waals surface area contributed by atoms with Gasteiger partial charge in [-0.05, 0) is 105 Å². The van der Waals surface area contributed by atoms with Crippen molar-refractivity contribution < 1.29 is 4.42 Å². The summed E-state index contributed by atoms with van der Waals surface area (Å²) in [6, 6.07) is 83.9. The summed E-state index contributed by atoms with van der Waals surface area (Å²) in [4.78, 5) is 2.45. The number of aromatic nitrogens is 1. The average Bonchev–Trinajstić information content (AvgIpc) is 3.90. The fourth-order valence-electron chi connectivity index (χ4n) is 10.6. The molecule has 1 aliphatic heterocycles. The zero-order valence-corrected chi connectivity index (χ0v) is 33.7. The molecule has 290 valence electrons. The zero-order chi connectivity index (χ0) is 40.8. The first-order valence-corrected chi connectivity index (χ1v) is 21.3. The largest absolute Gasteiger partial charge is 0.456 e. The average molecular weight is 791 g/mol. The fraction of sp³-hybridized carbons (Fsp3) is 0.0169. The molecular formula is C59H38N2O. The Labute approximate surface area is 359 Å². The fourth-order valence-corrected chi connectivity index (χ4v) is 10.6. The van der Waals surface area contributed by atoms with E-state index in [1.807, 2.05) is 0 Å². The van der Waals surface area contributed by atoms with Crippen LogP contribution < -0.4 is 4.90 Å². The van der Waals surface area contributed by atoms with E-state index in [2.05, 4.69) is 240 Å². The third-order valence-electron chi connectivity index (χ3n) is 13.2. The number of hydrogen-bond acceptors (Lipinski definition) is 2. The summed E-state index contributed by atoms with van der Waals surface area (Å²) >= 11 is 0. The molecule has 0 N–H and O–H groups in total. The standard InChI is InChI=1S/C59H38N2O/c1-3-18-42(19-4-1)59(51-38-41-17-7-8-22-45(41)57-47-24-10-16-30-56(47)62-58(51)57)49-25-11-14-28-54(49)61(55-29-15-12-26-50(55)59)44-34-31-39(32-35-44)40-33-36-53-48(37-40)46-23-9-13-27-52(46)60(53)43-20-5-2-6-21-43/h1-38H. The molecule has 0 aliphatic carbocycles. The maximum atomic E-state index is 7.05. The van der Waals surface area contributed by atoms with Crippen LogP contribution in [-0.2, 0) is 5.41 Å². The minimum absolute atomic E-state index is 0.713. The van der Waals surface area contributed by atoms with Gasteiger partial charge in [0.05, 0.1) is 27.8 Å². The van der Waals surface area contributed by atoms with Gasteiger partial charge in [-0.2, -0.15) is 0 Å². The van der Waals surface area contributed by atoms with E-state index in [0.29, 0.717) is 0 Å². The first-order valence-electron chi connectivity index (χ1n) is 21.3. The lowest BCUT2D eigenvalue weighted by molar-refractivity contribution is 0.644. The molecule has 2 aromatic heterocycles. The third-order valence-corrected chi connectivity index (χ3v) is 13.2. The van der Waals surface area contributed by atoms with Crippen LogP contribution in [0.15, 0.2) is 235 Å². The van der Waals surface area contributed by atoms with Gasteiger partial charge >= 0.3 is 0 Å². The Morgan fingerprint density at radius 1 is 0.371 bits per heavy atom. The number of nitrogens with zero attached hydrogens (tertiary/aromatic N) is 2. The second kappa shape index (κ2) is 13.4. The van der Waals surface area contributed by atoms with Crippen LogP contribution in [-0.4, -0.2) is 4.57 Å². The van der Waals surface area contributed by atoms with Crippen LogP contribution >= 0.6 is 0 Å². The Hall–Kier alpha value is -8.14. The Morgan fingerprint density at radius 2 is 0.952 bits per heavy atom. The molecule has 0 saturated carbocycles. The van der Waals surface area contributed by atoms with Gasteiger partial charge in [0, 0.05) is 38.5 Å². The Kier molecular flexibility index (Phi) is 7.52. The number of hydrogen-bond donors (Lipinski definition) is 0. The van der Waals surface area contributed by atoms with Crippen molar-refractivity contribution in [1.29, 1.82) is 0 Å². The number of furan rings is 1. The molecule has 0 amide bonds. The van der Waals surface area contributed by atoms with Crippen molar-refractivity contribution >= 4 is 71.6 Å². The second-order valence-electron chi connectivity index (χ2n) is 16.4. The highest BCUT2D eigenvalue weighted by molar-refractivity contribution is 6.20. The molecule has 10 aromatic carbocycles.